The Morgan fingerprint density at radius 3 is 1.24 bits per heavy atom. The van der Waals surface area contributed by atoms with Gasteiger partial charge in [-0.1, -0.05) is 27.7 Å². The van der Waals surface area contributed by atoms with Gasteiger partial charge in [0.05, 0.1) is 18.9 Å². The molecule has 3 fully saturated rings. The summed E-state index contributed by atoms with van der Waals surface area (Å²) < 4.78 is 259. The molecule has 5 unspecified atom stereocenters. The second kappa shape index (κ2) is 17.9. The maximum Gasteiger partial charge on any atom is 0.437 e. The summed E-state index contributed by atoms with van der Waals surface area (Å²) in [7, 11) is 1.41. The molecule has 58 heavy (non-hydrogen) atoms. The SMILES string of the molecule is CCC(C)C(=O)OC.CCC(C)C(=O)OC(C1CCC(C(O)(C(F)(F)F)C(F)(F)F)CC1)(C(F)(F)F)C(F)(F)F.OC(C(F)(F)F)(C(F)(F)F)C1(F)CC2CCC1C2. The maximum atomic E-state index is 14.4. The van der Waals surface area contributed by atoms with Crippen LogP contribution in [0.3, 0.4) is 0 Å². The number of hydrogen-bond donors (Lipinski definition) is 2. The highest BCUT2D eigenvalue weighted by atomic mass is 19.4. The Morgan fingerprint density at radius 2 is 0.983 bits per heavy atom. The number of methoxy groups -OCH3 is 1. The molecule has 0 aromatic heterocycles. The average Bonchev–Trinajstić information content (AvgIpc) is 3.67. The van der Waals surface area contributed by atoms with Crippen molar-refractivity contribution in [2.24, 2.45) is 35.5 Å². The van der Waals surface area contributed by atoms with Crippen LogP contribution < -0.4 is 0 Å². The van der Waals surface area contributed by atoms with Gasteiger partial charge in [0.25, 0.3) is 11.2 Å². The predicted molar refractivity (Wildman–Crippen MR) is 161 cm³/mol. The van der Waals surface area contributed by atoms with Gasteiger partial charge < -0.3 is 19.7 Å². The lowest BCUT2D eigenvalue weighted by molar-refractivity contribution is -0.408. The average molecular weight is 897 g/mol. The summed E-state index contributed by atoms with van der Waals surface area (Å²) in [6.07, 6.45) is -43.0. The maximum absolute atomic E-state index is 14.4. The van der Waals surface area contributed by atoms with Gasteiger partial charge in [0, 0.05) is 11.8 Å². The van der Waals surface area contributed by atoms with Gasteiger partial charge in [-0.25, -0.2) is 4.39 Å². The van der Waals surface area contributed by atoms with Crippen LogP contribution in [0.4, 0.5) is 83.4 Å². The molecule has 0 heterocycles. The summed E-state index contributed by atoms with van der Waals surface area (Å²) in [6.45, 7) is 6.08. The van der Waals surface area contributed by atoms with Crippen molar-refractivity contribution in [1.82, 2.24) is 0 Å². The second-order valence-electron chi connectivity index (χ2n) is 14.8. The Kier molecular flexibility index (Phi) is 16.5. The van der Waals surface area contributed by atoms with Crippen molar-refractivity contribution in [2.45, 2.75) is 151 Å². The van der Waals surface area contributed by atoms with Gasteiger partial charge in [-0.05, 0) is 76.0 Å². The van der Waals surface area contributed by atoms with E-state index in [1.54, 1.807) is 0 Å². The molecule has 3 aliphatic carbocycles. The first-order valence-electron chi connectivity index (χ1n) is 17.6. The molecule has 0 spiro atoms. The van der Waals surface area contributed by atoms with Gasteiger partial charge in [0.1, 0.15) is 0 Å². The molecule has 3 saturated carbocycles. The fraction of sp³-hybridized carbons (Fsp3) is 0.939. The second-order valence-corrected chi connectivity index (χ2v) is 14.8. The number of hydrogen-bond acceptors (Lipinski definition) is 6. The van der Waals surface area contributed by atoms with Gasteiger partial charge in [-0.3, -0.25) is 9.59 Å². The van der Waals surface area contributed by atoms with Crippen molar-refractivity contribution in [3.63, 3.8) is 0 Å². The molecule has 6 nitrogen and oxygen atoms in total. The van der Waals surface area contributed by atoms with Crippen molar-refractivity contribution in [3.8, 4) is 0 Å². The molecular weight excluding hydrogens is 853 g/mol. The number of carbonyl (C=O) groups excluding carboxylic acids is 2. The van der Waals surface area contributed by atoms with Gasteiger partial charge in [0.2, 0.25) is 0 Å². The predicted octanol–water partition coefficient (Wildman–Crippen LogP) is 10.7. The number of alkyl halides is 19. The minimum Gasteiger partial charge on any atom is -0.469 e. The van der Waals surface area contributed by atoms with E-state index in [2.05, 4.69) is 9.47 Å². The van der Waals surface area contributed by atoms with Crippen molar-refractivity contribution in [2.75, 3.05) is 7.11 Å². The fourth-order valence-electron chi connectivity index (χ4n) is 7.50. The summed E-state index contributed by atoms with van der Waals surface area (Å²) in [6, 6.07) is 0. The van der Waals surface area contributed by atoms with E-state index >= 15 is 0 Å². The van der Waals surface area contributed by atoms with E-state index in [-0.39, 0.29) is 31.1 Å². The smallest absolute Gasteiger partial charge is 0.437 e. The third-order valence-electron chi connectivity index (χ3n) is 11.3. The standard InChI is InChI=1S/C17H20F12O3.C10H11F7O.C6H12O2/c1-3-8(2)11(30)32-13(16(24,25)26,17(27,28)29)10-6-4-9(5-7-10)12(31,14(18,19)20)15(21,22)23;11-7(4-5-1-2-6(7)3-5)8(18,9(12,13)14)10(15,16)17;1-4-5(2)6(7)8-3/h8-10,31H,3-7H2,1-2H3;5-6,18H,1-4H2;5H,4H2,1-3H3. The first kappa shape index (κ1) is 53.5. The van der Waals surface area contributed by atoms with E-state index in [1.165, 1.54) is 14.0 Å². The van der Waals surface area contributed by atoms with Crippen molar-refractivity contribution < 1.29 is 113 Å². The van der Waals surface area contributed by atoms with Crippen molar-refractivity contribution >= 4 is 11.9 Å². The number of carbonyl (C=O) groups is 2. The molecule has 3 rings (SSSR count). The van der Waals surface area contributed by atoms with Crippen LogP contribution in [0.15, 0.2) is 0 Å². The van der Waals surface area contributed by atoms with Crippen LogP contribution in [0.5, 0.6) is 0 Å². The minimum absolute atomic E-state index is 0.0228. The van der Waals surface area contributed by atoms with Crippen LogP contribution in [0, 0.1) is 35.5 Å². The van der Waals surface area contributed by atoms with E-state index in [9.17, 15) is 98.1 Å². The van der Waals surface area contributed by atoms with E-state index < -0.39 is 127 Å². The summed E-state index contributed by atoms with van der Waals surface area (Å²) >= 11 is 0. The highest BCUT2D eigenvalue weighted by Gasteiger charge is 2.84. The highest BCUT2D eigenvalue weighted by molar-refractivity contribution is 5.72. The lowest BCUT2D eigenvalue weighted by Gasteiger charge is -2.47. The lowest BCUT2D eigenvalue weighted by atomic mass is 9.67. The Hall–Kier alpha value is -2.47. The fourth-order valence-corrected chi connectivity index (χ4v) is 7.50. The van der Waals surface area contributed by atoms with Gasteiger partial charge in [-0.2, -0.15) is 79.0 Å². The molecule has 0 aromatic rings. The molecule has 2 bridgehead atoms. The largest absolute Gasteiger partial charge is 0.469 e. The van der Waals surface area contributed by atoms with E-state index in [1.807, 2.05) is 13.8 Å². The van der Waals surface area contributed by atoms with E-state index in [0.29, 0.717) is 6.42 Å². The van der Waals surface area contributed by atoms with Crippen LogP contribution >= 0.6 is 0 Å². The quantitative estimate of drug-likeness (QED) is 0.186. The van der Waals surface area contributed by atoms with Crippen molar-refractivity contribution in [1.29, 1.82) is 0 Å². The summed E-state index contributed by atoms with van der Waals surface area (Å²) in [5.74, 6) is -10.7. The first-order chi connectivity index (χ1) is 25.7. The minimum atomic E-state index is -6.28. The molecule has 25 heteroatoms. The molecule has 0 radical (unpaired) electrons. The first-order valence-corrected chi connectivity index (χ1v) is 17.6. The third kappa shape index (κ3) is 10.0. The van der Waals surface area contributed by atoms with Crippen LogP contribution in [0.25, 0.3) is 0 Å². The zero-order valence-corrected chi connectivity index (χ0v) is 31.2. The number of rotatable bonds is 8. The van der Waals surface area contributed by atoms with Crippen LogP contribution in [-0.2, 0) is 19.1 Å². The molecule has 0 amide bonds. The molecule has 0 aromatic carbocycles. The monoisotopic (exact) mass is 896 g/mol. The zero-order valence-electron chi connectivity index (χ0n) is 31.2. The third-order valence-corrected chi connectivity index (χ3v) is 11.3. The molecule has 2 N–H and O–H groups in total. The Bertz CT molecular complexity index is 1320. The highest BCUT2D eigenvalue weighted by Crippen LogP contribution is 2.64. The molecule has 0 aliphatic heterocycles. The van der Waals surface area contributed by atoms with E-state index in [4.69, 9.17) is 5.11 Å². The number of aliphatic hydroxyl groups is 2. The lowest BCUT2D eigenvalue weighted by Crippen LogP contribution is -2.70. The zero-order chi connectivity index (χ0) is 46.1. The molecule has 344 valence electrons. The summed E-state index contributed by atoms with van der Waals surface area (Å²) in [4.78, 5) is 22.4. The Balaban J connectivity index is 0.000000535. The molecule has 5 atom stereocenters. The topological polar surface area (TPSA) is 93.1 Å². The molecule has 3 aliphatic rings. The van der Waals surface area contributed by atoms with E-state index in [0.717, 1.165) is 13.3 Å². The van der Waals surface area contributed by atoms with Crippen molar-refractivity contribution in [3.05, 3.63) is 0 Å². The van der Waals surface area contributed by atoms with Crippen LogP contribution in [0.1, 0.15) is 91.9 Å². The van der Waals surface area contributed by atoms with Crippen LogP contribution in [-0.4, -0.2) is 88.8 Å². The van der Waals surface area contributed by atoms with Crippen LogP contribution in [0.2, 0.25) is 0 Å². The Morgan fingerprint density at radius 1 is 0.603 bits per heavy atom. The van der Waals surface area contributed by atoms with Gasteiger partial charge >= 0.3 is 54.6 Å². The van der Waals surface area contributed by atoms with Gasteiger partial charge in [0.15, 0.2) is 5.67 Å². The number of ether oxygens (including phenoxy) is 2. The Labute approximate surface area is 319 Å². The molecule has 0 saturated heterocycles. The summed E-state index contributed by atoms with van der Waals surface area (Å²) in [5, 5.41) is 18.5. The van der Waals surface area contributed by atoms with Gasteiger partial charge in [-0.15, -0.1) is 0 Å². The number of fused-ring (bicyclic) bond motifs is 2. The normalized spacial score (nSPS) is 26.1. The molecular formula is C33H43F19O6. The summed E-state index contributed by atoms with van der Waals surface area (Å²) in [5.41, 5.74) is -19.4. The number of esters is 2. The number of halogens is 19.